The zero-order valence-electron chi connectivity index (χ0n) is 40.4. The highest BCUT2D eigenvalue weighted by atomic mass is 15.2. The SMILES string of the molecule is CC1(C)c2ccccc2N(c2ccccc2-c2nc(-c3ccccc3N3c4ccccc4C(c4ccccc4)(c4ccccc4)c4ccccc43)nc(-n3c4ccccc4c4ccccc43)n2)c2ccccc21. The number of hydrogen-bond acceptors (Lipinski definition) is 5. The van der Waals surface area contributed by atoms with Gasteiger partial charge in [0.15, 0.2) is 11.6 Å². The fourth-order valence-electron chi connectivity index (χ4n) is 12.2. The van der Waals surface area contributed by atoms with E-state index in [-0.39, 0.29) is 5.41 Å². The van der Waals surface area contributed by atoms with E-state index in [1.807, 2.05) is 0 Å². The molecule has 0 radical (unpaired) electrons. The summed E-state index contributed by atoms with van der Waals surface area (Å²) in [6.07, 6.45) is 0. The molecule has 12 aromatic rings. The fraction of sp³-hybridized carbons (Fsp3) is 0.0597. The van der Waals surface area contributed by atoms with E-state index >= 15 is 0 Å². The molecular formula is C67H48N6. The van der Waals surface area contributed by atoms with E-state index < -0.39 is 5.41 Å². The molecule has 0 N–H and O–H groups in total. The summed E-state index contributed by atoms with van der Waals surface area (Å²) in [6.45, 7) is 4.65. The van der Waals surface area contributed by atoms with Gasteiger partial charge in [0, 0.05) is 27.3 Å². The predicted molar refractivity (Wildman–Crippen MR) is 298 cm³/mol. The van der Waals surface area contributed by atoms with Crippen LogP contribution in [0.3, 0.4) is 0 Å². The minimum absolute atomic E-state index is 0.222. The van der Waals surface area contributed by atoms with Gasteiger partial charge in [-0.3, -0.25) is 4.57 Å². The average molecular weight is 937 g/mol. The maximum Gasteiger partial charge on any atom is 0.238 e. The predicted octanol–water partition coefficient (Wildman–Crippen LogP) is 16.6. The van der Waals surface area contributed by atoms with E-state index in [1.54, 1.807) is 0 Å². The van der Waals surface area contributed by atoms with Crippen molar-refractivity contribution in [3.8, 4) is 28.7 Å². The Kier molecular flexibility index (Phi) is 9.67. The Morgan fingerprint density at radius 1 is 0.301 bits per heavy atom. The number of benzene rings is 10. The molecule has 2 aliphatic rings. The molecule has 6 nitrogen and oxygen atoms in total. The molecule has 0 saturated carbocycles. The van der Waals surface area contributed by atoms with Crippen molar-refractivity contribution in [1.29, 1.82) is 0 Å². The van der Waals surface area contributed by atoms with Crippen molar-refractivity contribution in [2.24, 2.45) is 0 Å². The Hall–Kier alpha value is -9.39. The monoisotopic (exact) mass is 936 g/mol. The van der Waals surface area contributed by atoms with Crippen molar-refractivity contribution in [2.45, 2.75) is 24.7 Å². The Morgan fingerprint density at radius 2 is 0.630 bits per heavy atom. The Balaban J connectivity index is 1.04. The van der Waals surface area contributed by atoms with Crippen LogP contribution in [0.4, 0.5) is 34.1 Å². The summed E-state index contributed by atoms with van der Waals surface area (Å²) in [5, 5.41) is 2.27. The van der Waals surface area contributed by atoms with E-state index in [4.69, 9.17) is 15.0 Å². The van der Waals surface area contributed by atoms with Crippen molar-refractivity contribution in [1.82, 2.24) is 19.5 Å². The van der Waals surface area contributed by atoms with Gasteiger partial charge < -0.3 is 9.80 Å². The van der Waals surface area contributed by atoms with Crippen LogP contribution in [-0.2, 0) is 10.8 Å². The molecule has 73 heavy (non-hydrogen) atoms. The van der Waals surface area contributed by atoms with Crippen LogP contribution in [0.5, 0.6) is 0 Å². The quantitative estimate of drug-likeness (QED) is 0.159. The van der Waals surface area contributed by atoms with Gasteiger partial charge in [-0.25, -0.2) is 4.98 Å². The number of para-hydroxylation sites is 8. The lowest BCUT2D eigenvalue weighted by Gasteiger charge is -2.46. The van der Waals surface area contributed by atoms with Crippen LogP contribution in [0.1, 0.15) is 47.2 Å². The first kappa shape index (κ1) is 42.5. The smallest absolute Gasteiger partial charge is 0.238 e. The molecule has 346 valence electrons. The maximum absolute atomic E-state index is 5.64. The highest BCUT2D eigenvalue weighted by molar-refractivity contribution is 6.09. The summed E-state index contributed by atoms with van der Waals surface area (Å²) in [7, 11) is 0. The van der Waals surface area contributed by atoms with Crippen molar-refractivity contribution in [3.63, 3.8) is 0 Å². The van der Waals surface area contributed by atoms with Gasteiger partial charge in [0.2, 0.25) is 5.95 Å². The van der Waals surface area contributed by atoms with E-state index in [2.05, 4.69) is 283 Å². The molecule has 2 aromatic heterocycles. The zero-order chi connectivity index (χ0) is 48.7. The van der Waals surface area contributed by atoms with Crippen molar-refractivity contribution in [2.75, 3.05) is 9.80 Å². The minimum atomic E-state index is -0.615. The first-order valence-corrected chi connectivity index (χ1v) is 25.0. The van der Waals surface area contributed by atoms with Gasteiger partial charge in [-0.15, -0.1) is 0 Å². The second-order valence-electron chi connectivity index (χ2n) is 19.5. The van der Waals surface area contributed by atoms with Gasteiger partial charge in [0.1, 0.15) is 0 Å². The van der Waals surface area contributed by atoms with Gasteiger partial charge in [0.05, 0.1) is 50.6 Å². The molecule has 0 unspecified atom stereocenters. The molecule has 2 aliphatic heterocycles. The van der Waals surface area contributed by atoms with E-state index in [9.17, 15) is 0 Å². The summed E-state index contributed by atoms with van der Waals surface area (Å²) in [6, 6.07) is 91.5. The number of hydrogen-bond donors (Lipinski definition) is 0. The highest BCUT2D eigenvalue weighted by Crippen LogP contribution is 2.59. The van der Waals surface area contributed by atoms with Gasteiger partial charge in [0.25, 0.3) is 0 Å². The number of fused-ring (bicyclic) bond motifs is 7. The van der Waals surface area contributed by atoms with Gasteiger partial charge in [-0.2, -0.15) is 9.97 Å². The number of aromatic nitrogens is 4. The second-order valence-corrected chi connectivity index (χ2v) is 19.5. The van der Waals surface area contributed by atoms with Gasteiger partial charge in [-0.1, -0.05) is 208 Å². The fourth-order valence-corrected chi connectivity index (χ4v) is 12.2. The Labute approximate surface area is 424 Å². The molecule has 0 saturated heterocycles. The molecule has 0 fully saturated rings. The molecule has 0 spiro atoms. The number of rotatable bonds is 7. The molecule has 0 amide bonds. The maximum atomic E-state index is 5.64. The second kappa shape index (κ2) is 16.6. The van der Waals surface area contributed by atoms with Crippen molar-refractivity contribution in [3.05, 3.63) is 288 Å². The Morgan fingerprint density at radius 3 is 1.07 bits per heavy atom. The topological polar surface area (TPSA) is 50.1 Å². The third-order valence-electron chi connectivity index (χ3n) is 15.3. The van der Waals surface area contributed by atoms with Crippen molar-refractivity contribution >= 4 is 55.9 Å². The first-order valence-electron chi connectivity index (χ1n) is 25.0. The molecule has 0 bridgehead atoms. The van der Waals surface area contributed by atoms with E-state index in [1.165, 1.54) is 33.4 Å². The minimum Gasteiger partial charge on any atom is -0.309 e. The molecule has 0 aliphatic carbocycles. The van der Waals surface area contributed by atoms with Crippen LogP contribution in [0, 0.1) is 0 Å². The lowest BCUT2D eigenvalue weighted by atomic mass is 9.62. The molecular weight excluding hydrogens is 889 g/mol. The van der Waals surface area contributed by atoms with Crippen LogP contribution >= 0.6 is 0 Å². The van der Waals surface area contributed by atoms with Crippen LogP contribution in [0.25, 0.3) is 50.5 Å². The third kappa shape index (κ3) is 6.33. The van der Waals surface area contributed by atoms with E-state index in [0.717, 1.165) is 67.1 Å². The van der Waals surface area contributed by atoms with Crippen molar-refractivity contribution < 1.29 is 0 Å². The number of nitrogens with zero attached hydrogens (tertiary/aromatic N) is 6. The van der Waals surface area contributed by atoms with Crippen LogP contribution in [-0.4, -0.2) is 19.5 Å². The summed E-state index contributed by atoms with van der Waals surface area (Å²) >= 11 is 0. The third-order valence-corrected chi connectivity index (χ3v) is 15.3. The molecule has 6 heteroatoms. The summed E-state index contributed by atoms with van der Waals surface area (Å²) in [5.41, 5.74) is 16.6. The molecule has 10 aromatic carbocycles. The average Bonchev–Trinajstić information content (AvgIpc) is 3.79. The lowest BCUT2D eigenvalue weighted by Crippen LogP contribution is -2.37. The largest absolute Gasteiger partial charge is 0.309 e. The standard InChI is InChI=1S/C67H48N6/c1-66(2)51-33-13-21-41-59(51)71(60-42-22-14-34-52(60)66)57-39-19-11-31-49(57)63-68-64(70-65(69-63)73-55-37-17-9-29-47(55)48-30-10-18-38-56(48)73)50-32-12-20-40-58(50)72-61-43-23-15-35-53(61)67(45-25-5-3-6-26-45,46-27-7-4-8-28-46)54-36-16-24-44-62(54)72/h3-44H,1-2H3. The van der Waals surface area contributed by atoms with Gasteiger partial charge >= 0.3 is 0 Å². The normalized spacial score (nSPS) is 14.1. The zero-order valence-corrected chi connectivity index (χ0v) is 40.4. The highest BCUT2D eigenvalue weighted by Gasteiger charge is 2.47. The van der Waals surface area contributed by atoms with Crippen LogP contribution < -0.4 is 9.80 Å². The van der Waals surface area contributed by atoms with E-state index in [0.29, 0.717) is 17.6 Å². The van der Waals surface area contributed by atoms with Crippen LogP contribution in [0.15, 0.2) is 255 Å². The summed E-state index contributed by atoms with van der Waals surface area (Å²) < 4.78 is 2.21. The molecule has 4 heterocycles. The Bertz CT molecular complexity index is 3910. The van der Waals surface area contributed by atoms with Crippen LogP contribution in [0.2, 0.25) is 0 Å². The lowest BCUT2D eigenvalue weighted by molar-refractivity contribution is 0.632. The summed E-state index contributed by atoms with van der Waals surface area (Å²) in [4.78, 5) is 21.6. The number of anilines is 6. The summed E-state index contributed by atoms with van der Waals surface area (Å²) in [5.74, 6) is 1.67. The first-order chi connectivity index (χ1) is 36.0. The van der Waals surface area contributed by atoms with Gasteiger partial charge in [-0.05, 0) is 94.0 Å². The molecule has 14 rings (SSSR count). The molecule has 0 atom stereocenters.